The topological polar surface area (TPSA) is 30.7 Å². The van der Waals surface area contributed by atoms with Gasteiger partial charge in [-0.2, -0.15) is 0 Å². The molecule has 1 aromatic heterocycles. The fourth-order valence-corrected chi connectivity index (χ4v) is 2.32. The number of halogens is 2. The Kier molecular flexibility index (Phi) is 4.40. The second-order valence-electron chi connectivity index (χ2n) is 4.09. The Labute approximate surface area is 120 Å². The first kappa shape index (κ1) is 13.6. The van der Waals surface area contributed by atoms with Crippen LogP contribution in [0.5, 0.6) is 0 Å². The van der Waals surface area contributed by atoms with E-state index in [1.165, 1.54) is 5.56 Å². The summed E-state index contributed by atoms with van der Waals surface area (Å²) in [4.78, 5) is 0. The number of benzene rings is 1. The SMILES string of the molecule is CCc1cc(Br)ccc1-n1cc(C(Cl)CC)nn1. The number of rotatable bonds is 4. The fraction of sp³-hybridized carbons (Fsp3) is 0.385. The predicted molar refractivity (Wildman–Crippen MR) is 77.3 cm³/mol. The normalized spacial score (nSPS) is 12.7. The van der Waals surface area contributed by atoms with Crippen LogP contribution < -0.4 is 0 Å². The number of aryl methyl sites for hydroxylation is 1. The van der Waals surface area contributed by atoms with E-state index in [4.69, 9.17) is 11.6 Å². The van der Waals surface area contributed by atoms with Crippen LogP contribution in [0, 0.1) is 0 Å². The zero-order valence-electron chi connectivity index (χ0n) is 10.4. The molecule has 0 aliphatic heterocycles. The van der Waals surface area contributed by atoms with Crippen molar-refractivity contribution in [2.75, 3.05) is 0 Å². The van der Waals surface area contributed by atoms with Crippen molar-refractivity contribution < 1.29 is 0 Å². The van der Waals surface area contributed by atoms with E-state index >= 15 is 0 Å². The molecule has 96 valence electrons. The molecule has 1 heterocycles. The van der Waals surface area contributed by atoms with Crippen molar-refractivity contribution in [1.82, 2.24) is 15.0 Å². The average molecular weight is 329 g/mol. The molecule has 0 amide bonds. The van der Waals surface area contributed by atoms with E-state index in [-0.39, 0.29) is 5.38 Å². The van der Waals surface area contributed by atoms with Gasteiger partial charge in [-0.3, -0.25) is 0 Å². The summed E-state index contributed by atoms with van der Waals surface area (Å²) >= 11 is 9.65. The summed E-state index contributed by atoms with van der Waals surface area (Å²) in [5, 5.41) is 8.22. The Morgan fingerprint density at radius 2 is 2.17 bits per heavy atom. The molecule has 3 nitrogen and oxygen atoms in total. The van der Waals surface area contributed by atoms with Crippen LogP contribution >= 0.6 is 27.5 Å². The first-order valence-corrected chi connectivity index (χ1v) is 7.23. The second-order valence-corrected chi connectivity index (χ2v) is 5.53. The molecule has 5 heteroatoms. The van der Waals surface area contributed by atoms with Gasteiger partial charge in [-0.05, 0) is 36.6 Å². The molecule has 0 spiro atoms. The zero-order valence-corrected chi connectivity index (χ0v) is 12.7. The summed E-state index contributed by atoms with van der Waals surface area (Å²) in [6.07, 6.45) is 3.70. The Balaban J connectivity index is 2.39. The third kappa shape index (κ3) is 2.75. The van der Waals surface area contributed by atoms with Crippen molar-refractivity contribution in [3.8, 4) is 5.69 Å². The van der Waals surface area contributed by atoms with Gasteiger partial charge in [0, 0.05) is 4.47 Å². The summed E-state index contributed by atoms with van der Waals surface area (Å²) in [7, 11) is 0. The Morgan fingerprint density at radius 1 is 1.39 bits per heavy atom. The van der Waals surface area contributed by atoms with Crippen LogP contribution in [0.2, 0.25) is 0 Å². The fourth-order valence-electron chi connectivity index (χ4n) is 1.81. The van der Waals surface area contributed by atoms with E-state index in [1.54, 1.807) is 4.68 Å². The lowest BCUT2D eigenvalue weighted by Crippen LogP contribution is -1.99. The summed E-state index contributed by atoms with van der Waals surface area (Å²) in [6, 6.07) is 6.15. The van der Waals surface area contributed by atoms with Gasteiger partial charge in [-0.15, -0.1) is 16.7 Å². The standard InChI is InChI=1S/C13H15BrClN3/c1-3-9-7-10(14)5-6-13(9)18-8-12(16-17-18)11(15)4-2/h5-8,11H,3-4H2,1-2H3. The van der Waals surface area contributed by atoms with Crippen molar-refractivity contribution in [2.24, 2.45) is 0 Å². The minimum absolute atomic E-state index is 0.0701. The van der Waals surface area contributed by atoms with E-state index < -0.39 is 0 Å². The molecule has 1 atom stereocenters. The highest BCUT2D eigenvalue weighted by Gasteiger charge is 2.12. The van der Waals surface area contributed by atoms with Crippen LogP contribution in [0.4, 0.5) is 0 Å². The van der Waals surface area contributed by atoms with Crippen molar-refractivity contribution in [1.29, 1.82) is 0 Å². The minimum atomic E-state index is -0.0701. The number of aromatic nitrogens is 3. The van der Waals surface area contributed by atoms with Crippen molar-refractivity contribution in [3.63, 3.8) is 0 Å². The maximum atomic E-state index is 6.17. The van der Waals surface area contributed by atoms with Gasteiger partial charge >= 0.3 is 0 Å². The monoisotopic (exact) mass is 327 g/mol. The quantitative estimate of drug-likeness (QED) is 0.784. The van der Waals surface area contributed by atoms with Gasteiger partial charge in [-0.1, -0.05) is 35.0 Å². The molecule has 0 N–H and O–H groups in total. The van der Waals surface area contributed by atoms with E-state index in [2.05, 4.69) is 39.2 Å². The van der Waals surface area contributed by atoms with E-state index in [0.717, 1.165) is 28.7 Å². The first-order chi connectivity index (χ1) is 8.65. The van der Waals surface area contributed by atoms with Crippen LogP contribution in [0.15, 0.2) is 28.9 Å². The number of alkyl halides is 1. The number of hydrogen-bond acceptors (Lipinski definition) is 2. The van der Waals surface area contributed by atoms with Crippen LogP contribution in [0.3, 0.4) is 0 Å². The lowest BCUT2D eigenvalue weighted by atomic mass is 10.1. The maximum absolute atomic E-state index is 6.17. The molecule has 1 unspecified atom stereocenters. The van der Waals surface area contributed by atoms with Crippen LogP contribution in [-0.4, -0.2) is 15.0 Å². The van der Waals surface area contributed by atoms with Gasteiger partial charge in [-0.25, -0.2) is 4.68 Å². The lowest BCUT2D eigenvalue weighted by molar-refractivity contribution is 0.779. The average Bonchev–Trinajstić information content (AvgIpc) is 2.87. The summed E-state index contributed by atoms with van der Waals surface area (Å²) in [5.41, 5.74) is 3.10. The summed E-state index contributed by atoms with van der Waals surface area (Å²) in [5.74, 6) is 0. The summed E-state index contributed by atoms with van der Waals surface area (Å²) in [6.45, 7) is 4.16. The molecule has 2 rings (SSSR count). The smallest absolute Gasteiger partial charge is 0.101 e. The van der Waals surface area contributed by atoms with E-state index in [9.17, 15) is 0 Å². The van der Waals surface area contributed by atoms with Crippen LogP contribution in [0.25, 0.3) is 5.69 Å². The van der Waals surface area contributed by atoms with Gasteiger partial charge in [0.05, 0.1) is 17.3 Å². The Morgan fingerprint density at radius 3 is 2.83 bits per heavy atom. The molecular weight excluding hydrogens is 314 g/mol. The molecule has 2 aromatic rings. The molecular formula is C13H15BrClN3. The zero-order chi connectivity index (χ0) is 13.1. The molecule has 0 fully saturated rings. The highest BCUT2D eigenvalue weighted by molar-refractivity contribution is 9.10. The highest BCUT2D eigenvalue weighted by atomic mass is 79.9. The minimum Gasteiger partial charge on any atom is -0.220 e. The third-order valence-electron chi connectivity index (χ3n) is 2.86. The van der Waals surface area contributed by atoms with Crippen molar-refractivity contribution in [2.45, 2.75) is 32.1 Å². The number of hydrogen-bond donors (Lipinski definition) is 0. The van der Waals surface area contributed by atoms with Crippen LogP contribution in [-0.2, 0) is 6.42 Å². The van der Waals surface area contributed by atoms with Gasteiger partial charge in [0.1, 0.15) is 5.69 Å². The van der Waals surface area contributed by atoms with Gasteiger partial charge in [0.15, 0.2) is 0 Å². The molecule has 1 aromatic carbocycles. The third-order valence-corrected chi connectivity index (χ3v) is 3.89. The Bertz CT molecular complexity index is 539. The van der Waals surface area contributed by atoms with Gasteiger partial charge < -0.3 is 0 Å². The largest absolute Gasteiger partial charge is 0.220 e. The molecule has 0 bridgehead atoms. The van der Waals surface area contributed by atoms with Crippen molar-refractivity contribution in [3.05, 3.63) is 40.1 Å². The molecule has 0 saturated heterocycles. The van der Waals surface area contributed by atoms with Crippen LogP contribution in [0.1, 0.15) is 36.9 Å². The molecule has 0 aliphatic carbocycles. The molecule has 0 radical (unpaired) electrons. The molecule has 0 aliphatic rings. The first-order valence-electron chi connectivity index (χ1n) is 6.00. The highest BCUT2D eigenvalue weighted by Crippen LogP contribution is 2.24. The van der Waals surface area contributed by atoms with E-state index in [1.807, 2.05) is 25.3 Å². The molecule has 0 saturated carbocycles. The van der Waals surface area contributed by atoms with Gasteiger partial charge in [0.25, 0.3) is 0 Å². The Hall–Kier alpha value is -0.870. The second kappa shape index (κ2) is 5.85. The number of nitrogens with zero attached hydrogens (tertiary/aromatic N) is 3. The maximum Gasteiger partial charge on any atom is 0.101 e. The lowest BCUT2D eigenvalue weighted by Gasteiger charge is -2.07. The summed E-state index contributed by atoms with van der Waals surface area (Å²) < 4.78 is 2.87. The van der Waals surface area contributed by atoms with Crippen molar-refractivity contribution >= 4 is 27.5 Å². The predicted octanol–water partition coefficient (Wildman–Crippen LogP) is 4.28. The molecule has 18 heavy (non-hydrogen) atoms. The van der Waals surface area contributed by atoms with E-state index in [0.29, 0.717) is 0 Å². The van der Waals surface area contributed by atoms with Gasteiger partial charge in [0.2, 0.25) is 0 Å².